The number of anilines is 1. The maximum Gasteiger partial charge on any atom is 0.241 e. The molecule has 20 heavy (non-hydrogen) atoms. The van der Waals surface area contributed by atoms with Gasteiger partial charge in [-0.1, -0.05) is 31.9 Å². The number of nitrogens with one attached hydrogen (secondary N) is 1. The van der Waals surface area contributed by atoms with E-state index in [-0.39, 0.29) is 18.3 Å². The summed E-state index contributed by atoms with van der Waals surface area (Å²) in [6.07, 6.45) is 3.56. The molecule has 1 unspecified atom stereocenters. The Kier molecular flexibility index (Phi) is 6.50. The number of carbonyl (C=O) groups is 1. The lowest BCUT2D eigenvalue weighted by atomic mass is 10.0. The first-order valence-corrected chi connectivity index (χ1v) is 7.23. The molecule has 1 aliphatic heterocycles. The lowest BCUT2D eigenvalue weighted by Crippen LogP contribution is -2.54. The van der Waals surface area contributed by atoms with Gasteiger partial charge in [-0.25, -0.2) is 0 Å². The van der Waals surface area contributed by atoms with Crippen LogP contribution in [0.1, 0.15) is 37.3 Å². The maximum atomic E-state index is 12.1. The molecule has 1 fully saturated rings. The minimum absolute atomic E-state index is 0. The van der Waals surface area contributed by atoms with E-state index in [0.29, 0.717) is 12.6 Å². The van der Waals surface area contributed by atoms with E-state index in [1.54, 1.807) is 0 Å². The van der Waals surface area contributed by atoms with Gasteiger partial charge in [0, 0.05) is 18.3 Å². The normalized spacial score (nSPS) is 18.9. The first kappa shape index (κ1) is 17.0. The predicted octanol–water partition coefficient (Wildman–Crippen LogP) is 3.22. The topological polar surface area (TPSA) is 32.3 Å². The molecule has 1 aromatic rings. The average Bonchev–Trinajstić information content (AvgIpc) is 2.41. The standard InChI is InChI=1S/C16H24N2O.ClH/c1-4-5-8-14-11-18(16(19)10-17-14)15-9-6-7-12(2)13(15)3;/h6-7,9,14,17H,4-5,8,10-11H2,1-3H3;1H. The minimum Gasteiger partial charge on any atom is -0.309 e. The molecule has 4 heteroatoms. The lowest BCUT2D eigenvalue weighted by molar-refractivity contribution is -0.119. The molecule has 3 nitrogen and oxygen atoms in total. The summed E-state index contributed by atoms with van der Waals surface area (Å²) in [5.74, 6) is 0.182. The number of aryl methyl sites for hydroxylation is 1. The smallest absolute Gasteiger partial charge is 0.241 e. The highest BCUT2D eigenvalue weighted by Crippen LogP contribution is 2.24. The molecule has 1 atom stereocenters. The number of hydrogen-bond donors (Lipinski definition) is 1. The number of carbonyl (C=O) groups excluding carboxylic acids is 1. The zero-order valence-corrected chi connectivity index (χ0v) is 13.4. The van der Waals surface area contributed by atoms with Gasteiger partial charge in [-0.15, -0.1) is 12.4 Å². The molecule has 0 bridgehead atoms. The molecule has 2 rings (SSSR count). The molecule has 0 radical (unpaired) electrons. The van der Waals surface area contributed by atoms with E-state index in [4.69, 9.17) is 0 Å². The van der Waals surface area contributed by atoms with Crippen molar-refractivity contribution in [2.75, 3.05) is 18.0 Å². The number of amides is 1. The van der Waals surface area contributed by atoms with Crippen LogP contribution in [0.4, 0.5) is 5.69 Å². The van der Waals surface area contributed by atoms with Gasteiger partial charge in [0.15, 0.2) is 0 Å². The molecular weight excluding hydrogens is 272 g/mol. The van der Waals surface area contributed by atoms with Gasteiger partial charge in [0.05, 0.1) is 6.54 Å². The summed E-state index contributed by atoms with van der Waals surface area (Å²) in [7, 11) is 0. The fourth-order valence-electron chi connectivity index (χ4n) is 2.62. The van der Waals surface area contributed by atoms with Crippen LogP contribution >= 0.6 is 12.4 Å². The second-order valence-corrected chi connectivity index (χ2v) is 5.44. The van der Waals surface area contributed by atoms with Gasteiger partial charge in [0.2, 0.25) is 5.91 Å². The van der Waals surface area contributed by atoms with Crippen molar-refractivity contribution in [1.29, 1.82) is 0 Å². The molecule has 1 saturated heterocycles. The quantitative estimate of drug-likeness (QED) is 0.925. The van der Waals surface area contributed by atoms with Gasteiger partial charge in [-0.3, -0.25) is 4.79 Å². The highest BCUT2D eigenvalue weighted by atomic mass is 35.5. The number of halogens is 1. The van der Waals surface area contributed by atoms with Gasteiger partial charge in [-0.2, -0.15) is 0 Å². The first-order chi connectivity index (χ1) is 9.13. The third-order valence-corrected chi connectivity index (χ3v) is 4.02. The van der Waals surface area contributed by atoms with Gasteiger partial charge in [-0.05, 0) is 37.5 Å². The molecule has 1 heterocycles. The van der Waals surface area contributed by atoms with Crippen molar-refractivity contribution in [3.05, 3.63) is 29.3 Å². The van der Waals surface area contributed by atoms with Crippen molar-refractivity contribution >= 4 is 24.0 Å². The van der Waals surface area contributed by atoms with E-state index >= 15 is 0 Å². The molecule has 112 valence electrons. The van der Waals surface area contributed by atoms with Crippen molar-refractivity contribution in [2.24, 2.45) is 0 Å². The largest absolute Gasteiger partial charge is 0.309 e. The molecule has 1 N–H and O–H groups in total. The SMILES string of the molecule is CCCCC1CN(c2cccc(C)c2C)C(=O)CN1.Cl. The molecular formula is C16H25ClN2O. The molecule has 0 spiro atoms. The fraction of sp³-hybridized carbons (Fsp3) is 0.562. The number of rotatable bonds is 4. The Balaban J connectivity index is 0.00000200. The van der Waals surface area contributed by atoms with Crippen molar-refractivity contribution in [2.45, 2.75) is 46.1 Å². The predicted molar refractivity (Wildman–Crippen MR) is 86.8 cm³/mol. The molecule has 1 aromatic carbocycles. The van der Waals surface area contributed by atoms with E-state index in [0.717, 1.165) is 18.7 Å². The third kappa shape index (κ3) is 3.74. The van der Waals surface area contributed by atoms with Crippen molar-refractivity contribution < 1.29 is 4.79 Å². The second kappa shape index (κ2) is 7.65. The van der Waals surface area contributed by atoms with Crippen LogP contribution in [0.3, 0.4) is 0 Å². The molecule has 0 aliphatic carbocycles. The summed E-state index contributed by atoms with van der Waals surface area (Å²) in [6.45, 7) is 7.66. The highest BCUT2D eigenvalue weighted by Gasteiger charge is 2.26. The number of unbranched alkanes of at least 4 members (excludes halogenated alkanes) is 1. The summed E-state index contributed by atoms with van der Waals surface area (Å²) in [6, 6.07) is 6.62. The molecule has 0 aromatic heterocycles. The molecule has 1 amide bonds. The Morgan fingerprint density at radius 3 is 2.80 bits per heavy atom. The van der Waals surface area contributed by atoms with Crippen LogP contribution in [0.15, 0.2) is 18.2 Å². The highest BCUT2D eigenvalue weighted by molar-refractivity contribution is 5.96. The molecule has 0 saturated carbocycles. The summed E-state index contributed by atoms with van der Waals surface area (Å²) in [4.78, 5) is 14.1. The summed E-state index contributed by atoms with van der Waals surface area (Å²) in [5, 5.41) is 3.35. The third-order valence-electron chi connectivity index (χ3n) is 4.02. The zero-order chi connectivity index (χ0) is 13.8. The van der Waals surface area contributed by atoms with Crippen LogP contribution in [0, 0.1) is 13.8 Å². The lowest BCUT2D eigenvalue weighted by Gasteiger charge is -2.34. The van der Waals surface area contributed by atoms with Crippen LogP contribution in [-0.2, 0) is 4.79 Å². The van der Waals surface area contributed by atoms with Crippen molar-refractivity contribution in [3.63, 3.8) is 0 Å². The van der Waals surface area contributed by atoms with Crippen LogP contribution in [0.2, 0.25) is 0 Å². The second-order valence-electron chi connectivity index (χ2n) is 5.44. The van der Waals surface area contributed by atoms with E-state index in [1.165, 1.54) is 24.0 Å². The molecule has 1 aliphatic rings. The van der Waals surface area contributed by atoms with Crippen LogP contribution in [0.25, 0.3) is 0 Å². The monoisotopic (exact) mass is 296 g/mol. The van der Waals surface area contributed by atoms with E-state index in [1.807, 2.05) is 11.0 Å². The minimum atomic E-state index is 0. The van der Waals surface area contributed by atoms with E-state index in [2.05, 4.69) is 38.2 Å². The van der Waals surface area contributed by atoms with Gasteiger partial charge >= 0.3 is 0 Å². The van der Waals surface area contributed by atoms with Crippen LogP contribution in [-0.4, -0.2) is 25.0 Å². The van der Waals surface area contributed by atoms with Crippen LogP contribution in [0.5, 0.6) is 0 Å². The Labute approximate surface area is 128 Å². The van der Waals surface area contributed by atoms with Crippen molar-refractivity contribution in [3.8, 4) is 0 Å². The van der Waals surface area contributed by atoms with Gasteiger partial charge in [0.25, 0.3) is 0 Å². The Morgan fingerprint density at radius 1 is 1.35 bits per heavy atom. The Bertz CT molecular complexity index is 462. The van der Waals surface area contributed by atoms with Gasteiger partial charge < -0.3 is 10.2 Å². The Morgan fingerprint density at radius 2 is 2.10 bits per heavy atom. The first-order valence-electron chi connectivity index (χ1n) is 7.23. The fourth-order valence-corrected chi connectivity index (χ4v) is 2.62. The Hall–Kier alpha value is -1.06. The maximum absolute atomic E-state index is 12.1. The number of hydrogen-bond acceptors (Lipinski definition) is 2. The van der Waals surface area contributed by atoms with Crippen molar-refractivity contribution in [1.82, 2.24) is 5.32 Å². The summed E-state index contributed by atoms with van der Waals surface area (Å²) in [5.41, 5.74) is 3.54. The summed E-state index contributed by atoms with van der Waals surface area (Å²) >= 11 is 0. The van der Waals surface area contributed by atoms with E-state index < -0.39 is 0 Å². The number of nitrogens with zero attached hydrogens (tertiary/aromatic N) is 1. The average molecular weight is 297 g/mol. The number of piperazine rings is 1. The van der Waals surface area contributed by atoms with Gasteiger partial charge in [0.1, 0.15) is 0 Å². The number of benzene rings is 1. The summed E-state index contributed by atoms with van der Waals surface area (Å²) < 4.78 is 0. The van der Waals surface area contributed by atoms with Crippen LogP contribution < -0.4 is 10.2 Å². The van der Waals surface area contributed by atoms with E-state index in [9.17, 15) is 4.79 Å². The zero-order valence-electron chi connectivity index (χ0n) is 12.6.